The molecule has 0 saturated carbocycles. The Hall–Kier alpha value is -0.160. The highest BCUT2D eigenvalue weighted by Gasteiger charge is 2.26. The lowest BCUT2D eigenvalue weighted by Crippen LogP contribution is -3.13. The van der Waals surface area contributed by atoms with Crippen LogP contribution in [0.2, 0.25) is 0 Å². The SMILES string of the molecule is CC(C)C(C)(C)O[NH+](N)[O-]. The summed E-state index contributed by atoms with van der Waals surface area (Å²) in [6.07, 6.45) is 0. The molecule has 0 fully saturated rings. The number of nitrogens with one attached hydrogen (secondary N) is 1. The van der Waals surface area contributed by atoms with E-state index in [0.717, 1.165) is 0 Å². The molecule has 0 aromatic heterocycles. The van der Waals surface area contributed by atoms with E-state index in [1.165, 1.54) is 0 Å². The minimum Gasteiger partial charge on any atom is -0.580 e. The lowest BCUT2D eigenvalue weighted by molar-refractivity contribution is -1.07. The second kappa shape index (κ2) is 3.30. The van der Waals surface area contributed by atoms with Gasteiger partial charge in [-0.2, -0.15) is 4.84 Å². The predicted molar refractivity (Wildman–Crippen MR) is 38.5 cm³/mol. The molecule has 10 heavy (non-hydrogen) atoms. The number of hydrogen-bond acceptors (Lipinski definition) is 3. The highest BCUT2D eigenvalue weighted by molar-refractivity contribution is 4.69. The quantitative estimate of drug-likeness (QED) is 0.423. The van der Waals surface area contributed by atoms with Crippen LogP contribution in [0.4, 0.5) is 0 Å². The van der Waals surface area contributed by atoms with E-state index in [9.17, 15) is 5.21 Å². The zero-order chi connectivity index (χ0) is 8.36. The molecule has 4 nitrogen and oxygen atoms in total. The van der Waals surface area contributed by atoms with Gasteiger partial charge in [0.1, 0.15) is 5.60 Å². The van der Waals surface area contributed by atoms with E-state index in [0.29, 0.717) is 0 Å². The topological polar surface area (TPSA) is 62.8 Å². The molecular weight excluding hydrogens is 132 g/mol. The molecule has 0 rings (SSSR count). The highest BCUT2D eigenvalue weighted by Crippen LogP contribution is 2.16. The first-order valence-corrected chi connectivity index (χ1v) is 3.34. The Morgan fingerprint density at radius 1 is 1.50 bits per heavy atom. The Kier molecular flexibility index (Phi) is 3.24. The Morgan fingerprint density at radius 3 is 2.00 bits per heavy atom. The lowest BCUT2D eigenvalue weighted by atomic mass is 9.95. The van der Waals surface area contributed by atoms with E-state index in [1.807, 2.05) is 27.7 Å². The van der Waals surface area contributed by atoms with Gasteiger partial charge in [-0.1, -0.05) is 13.8 Å². The fourth-order valence-corrected chi connectivity index (χ4v) is 0.377. The first-order valence-electron chi connectivity index (χ1n) is 3.34. The Labute approximate surface area is 61.4 Å². The summed E-state index contributed by atoms with van der Waals surface area (Å²) in [4.78, 5) is 4.84. The van der Waals surface area contributed by atoms with Crippen molar-refractivity contribution in [1.82, 2.24) is 0 Å². The van der Waals surface area contributed by atoms with Crippen LogP contribution in [-0.2, 0) is 4.84 Å². The number of hydrogen-bond donors (Lipinski definition) is 2. The second-order valence-corrected chi connectivity index (χ2v) is 3.18. The maximum Gasteiger partial charge on any atom is 0.127 e. The molecule has 0 amide bonds. The van der Waals surface area contributed by atoms with Gasteiger partial charge >= 0.3 is 0 Å². The maximum atomic E-state index is 10.3. The van der Waals surface area contributed by atoms with Crippen LogP contribution in [-0.4, -0.2) is 5.60 Å². The van der Waals surface area contributed by atoms with Crippen molar-refractivity contribution in [3.05, 3.63) is 5.21 Å². The van der Waals surface area contributed by atoms with E-state index in [2.05, 4.69) is 0 Å². The van der Waals surface area contributed by atoms with Crippen molar-refractivity contribution in [2.45, 2.75) is 33.3 Å². The van der Waals surface area contributed by atoms with Gasteiger partial charge in [0.2, 0.25) is 0 Å². The van der Waals surface area contributed by atoms with Gasteiger partial charge in [0.05, 0.1) is 0 Å². The summed E-state index contributed by atoms with van der Waals surface area (Å²) in [6, 6.07) is 0. The van der Waals surface area contributed by atoms with Crippen molar-refractivity contribution in [3.8, 4) is 0 Å². The van der Waals surface area contributed by atoms with Crippen molar-refractivity contribution >= 4 is 0 Å². The van der Waals surface area contributed by atoms with Gasteiger partial charge in [-0.25, -0.2) is 0 Å². The van der Waals surface area contributed by atoms with Crippen molar-refractivity contribution < 1.29 is 10.2 Å². The second-order valence-electron chi connectivity index (χ2n) is 3.18. The van der Waals surface area contributed by atoms with Crippen LogP contribution < -0.4 is 11.2 Å². The molecular formula is C6H16N2O2. The van der Waals surface area contributed by atoms with Crippen molar-refractivity contribution in [3.63, 3.8) is 0 Å². The number of rotatable bonds is 3. The molecule has 0 heterocycles. The third-order valence-corrected chi connectivity index (χ3v) is 1.75. The molecule has 0 spiro atoms. The van der Waals surface area contributed by atoms with Gasteiger partial charge in [-0.15, -0.1) is 11.2 Å². The van der Waals surface area contributed by atoms with Crippen molar-refractivity contribution in [2.75, 3.05) is 0 Å². The minimum atomic E-state index is -0.710. The van der Waals surface area contributed by atoms with E-state index < -0.39 is 10.9 Å². The molecule has 1 unspecified atom stereocenters. The van der Waals surface area contributed by atoms with Crippen LogP contribution in [0.5, 0.6) is 0 Å². The normalized spacial score (nSPS) is 15.9. The summed E-state index contributed by atoms with van der Waals surface area (Å²) in [6.45, 7) is 7.62. The van der Waals surface area contributed by atoms with Crippen molar-refractivity contribution in [2.24, 2.45) is 11.8 Å². The largest absolute Gasteiger partial charge is 0.580 e. The van der Waals surface area contributed by atoms with E-state index in [4.69, 9.17) is 10.7 Å². The van der Waals surface area contributed by atoms with Gasteiger partial charge in [0.15, 0.2) is 0 Å². The molecule has 0 aliphatic rings. The molecule has 1 atom stereocenters. The van der Waals surface area contributed by atoms with E-state index in [-0.39, 0.29) is 5.92 Å². The van der Waals surface area contributed by atoms with Gasteiger partial charge in [0.25, 0.3) is 0 Å². The molecule has 0 radical (unpaired) electrons. The molecule has 3 N–H and O–H groups in total. The fourth-order valence-electron chi connectivity index (χ4n) is 0.377. The van der Waals surface area contributed by atoms with Crippen LogP contribution in [0.3, 0.4) is 0 Å². The van der Waals surface area contributed by atoms with Gasteiger partial charge in [0, 0.05) is 0 Å². The summed E-state index contributed by atoms with van der Waals surface area (Å²) in [7, 11) is 0. The van der Waals surface area contributed by atoms with Crippen LogP contribution in [0, 0.1) is 11.1 Å². The summed E-state index contributed by atoms with van der Waals surface area (Å²) < 4.78 is 0. The Balaban J connectivity index is 3.87. The zero-order valence-electron chi connectivity index (χ0n) is 6.97. The van der Waals surface area contributed by atoms with E-state index >= 15 is 0 Å². The van der Waals surface area contributed by atoms with E-state index in [1.54, 1.807) is 0 Å². The summed E-state index contributed by atoms with van der Waals surface area (Å²) >= 11 is 0. The Bertz CT molecular complexity index is 102. The average molecular weight is 148 g/mol. The molecule has 0 saturated heterocycles. The molecule has 0 aliphatic heterocycles. The lowest BCUT2D eigenvalue weighted by Gasteiger charge is -2.30. The molecule has 0 aliphatic carbocycles. The number of nitrogens with two attached hydrogens (primary N) is 1. The minimum absolute atomic E-state index is 0.278. The smallest absolute Gasteiger partial charge is 0.127 e. The third kappa shape index (κ3) is 3.12. The van der Waals surface area contributed by atoms with Gasteiger partial charge < -0.3 is 5.21 Å². The third-order valence-electron chi connectivity index (χ3n) is 1.75. The first kappa shape index (κ1) is 9.84. The maximum absolute atomic E-state index is 10.3. The summed E-state index contributed by atoms with van der Waals surface area (Å²) in [5.41, 5.74) is -0.453. The van der Waals surface area contributed by atoms with Crippen LogP contribution in [0.15, 0.2) is 0 Å². The van der Waals surface area contributed by atoms with Gasteiger partial charge in [-0.3, -0.25) is 0 Å². The Morgan fingerprint density at radius 2 is 1.90 bits per heavy atom. The molecule has 0 aromatic rings. The molecule has 0 aromatic carbocycles. The highest BCUT2D eigenvalue weighted by atomic mass is 16.9. The number of quaternary nitrogens is 1. The van der Waals surface area contributed by atoms with Crippen LogP contribution >= 0.6 is 0 Å². The predicted octanol–water partition coefficient (Wildman–Crippen LogP) is -0.391. The van der Waals surface area contributed by atoms with Crippen molar-refractivity contribution in [1.29, 1.82) is 0 Å². The molecule has 0 bridgehead atoms. The fraction of sp³-hybridized carbons (Fsp3) is 1.00. The standard InChI is InChI=1S/C6H16N2O2/c1-5(2)6(3,4)10-8(7)9/h5,8H,7H2,1-4H3. The van der Waals surface area contributed by atoms with Crippen LogP contribution in [0.25, 0.3) is 0 Å². The first-order chi connectivity index (χ1) is 4.36. The van der Waals surface area contributed by atoms with Crippen LogP contribution in [0.1, 0.15) is 27.7 Å². The summed E-state index contributed by atoms with van der Waals surface area (Å²) in [5, 5.41) is 9.61. The summed E-state index contributed by atoms with van der Waals surface area (Å²) in [5.74, 6) is 5.13. The molecule has 62 valence electrons. The average Bonchev–Trinajstić information content (AvgIpc) is 1.60. The zero-order valence-corrected chi connectivity index (χ0v) is 6.97. The monoisotopic (exact) mass is 148 g/mol. The molecule has 4 heteroatoms. The van der Waals surface area contributed by atoms with Gasteiger partial charge in [-0.05, 0) is 19.8 Å².